The van der Waals surface area contributed by atoms with Gasteiger partial charge in [-0.2, -0.15) is 0 Å². The minimum Gasteiger partial charge on any atom is -0.302 e. The van der Waals surface area contributed by atoms with Crippen molar-refractivity contribution in [2.75, 3.05) is 20.1 Å². The molecule has 78 valence electrons. The third-order valence-electron chi connectivity index (χ3n) is 3.27. The fourth-order valence-corrected chi connectivity index (χ4v) is 2.48. The molecule has 1 atom stereocenters. The largest absolute Gasteiger partial charge is 0.302 e. The lowest BCUT2D eigenvalue weighted by molar-refractivity contribution is 0.351. The number of rotatable bonds is 1. The zero-order valence-electron chi connectivity index (χ0n) is 9.67. The van der Waals surface area contributed by atoms with Crippen molar-refractivity contribution in [2.45, 2.75) is 33.2 Å². The summed E-state index contributed by atoms with van der Waals surface area (Å²) in [7, 11) is 2.20. The summed E-state index contributed by atoms with van der Waals surface area (Å²) >= 11 is 0. The normalized spacial score (nSPS) is 28.4. The standard InChI is InChI=1S/C12H20N2/c1-8(2)12-11-7-14(4)6-5-10(11)9(3)13-12/h8-9H,5-7H2,1-4H3. The maximum absolute atomic E-state index is 4.78. The molecule has 0 N–H and O–H groups in total. The van der Waals surface area contributed by atoms with Gasteiger partial charge in [-0.05, 0) is 37.5 Å². The molecule has 0 radical (unpaired) electrons. The fourth-order valence-electron chi connectivity index (χ4n) is 2.48. The van der Waals surface area contributed by atoms with E-state index in [1.807, 2.05) is 0 Å². The topological polar surface area (TPSA) is 15.6 Å². The summed E-state index contributed by atoms with van der Waals surface area (Å²) in [4.78, 5) is 7.18. The molecule has 0 aromatic heterocycles. The predicted octanol–water partition coefficient (Wildman–Crippen LogP) is 2.12. The van der Waals surface area contributed by atoms with Gasteiger partial charge in [0.2, 0.25) is 0 Å². The van der Waals surface area contributed by atoms with E-state index in [4.69, 9.17) is 4.99 Å². The summed E-state index contributed by atoms with van der Waals surface area (Å²) in [5, 5.41) is 0. The maximum Gasteiger partial charge on any atom is 0.0691 e. The van der Waals surface area contributed by atoms with Crippen molar-refractivity contribution in [3.63, 3.8) is 0 Å². The van der Waals surface area contributed by atoms with Gasteiger partial charge in [0.05, 0.1) is 6.04 Å². The first kappa shape index (κ1) is 9.91. The van der Waals surface area contributed by atoms with Crippen molar-refractivity contribution < 1.29 is 0 Å². The van der Waals surface area contributed by atoms with Crippen molar-refractivity contribution in [1.82, 2.24) is 4.90 Å². The molecule has 14 heavy (non-hydrogen) atoms. The van der Waals surface area contributed by atoms with Gasteiger partial charge in [0, 0.05) is 18.8 Å². The molecule has 1 unspecified atom stereocenters. The number of hydrogen-bond donors (Lipinski definition) is 0. The number of hydrogen-bond acceptors (Lipinski definition) is 2. The minimum absolute atomic E-state index is 0.455. The summed E-state index contributed by atoms with van der Waals surface area (Å²) in [5.41, 5.74) is 4.51. The Morgan fingerprint density at radius 2 is 2.14 bits per heavy atom. The zero-order valence-corrected chi connectivity index (χ0v) is 9.67. The van der Waals surface area contributed by atoms with Gasteiger partial charge < -0.3 is 4.90 Å². The van der Waals surface area contributed by atoms with Gasteiger partial charge in [0.1, 0.15) is 0 Å². The summed E-state index contributed by atoms with van der Waals surface area (Å²) in [6.45, 7) is 9.03. The van der Waals surface area contributed by atoms with Crippen molar-refractivity contribution in [3.8, 4) is 0 Å². The number of nitrogens with zero attached hydrogens (tertiary/aromatic N) is 2. The second-order valence-corrected chi connectivity index (χ2v) is 4.84. The lowest BCUT2D eigenvalue weighted by Crippen LogP contribution is -2.31. The highest BCUT2D eigenvalue weighted by atomic mass is 15.1. The van der Waals surface area contributed by atoms with E-state index in [2.05, 4.69) is 32.7 Å². The smallest absolute Gasteiger partial charge is 0.0691 e. The first-order valence-corrected chi connectivity index (χ1v) is 5.58. The Hall–Kier alpha value is -0.630. The van der Waals surface area contributed by atoms with Gasteiger partial charge in [-0.3, -0.25) is 4.99 Å². The van der Waals surface area contributed by atoms with Gasteiger partial charge in [0.15, 0.2) is 0 Å². The minimum atomic E-state index is 0.455. The maximum atomic E-state index is 4.78. The summed E-state index contributed by atoms with van der Waals surface area (Å²) in [5.74, 6) is 0.580. The highest BCUT2D eigenvalue weighted by molar-refractivity contribution is 6.04. The molecule has 2 heterocycles. The van der Waals surface area contributed by atoms with Crippen LogP contribution in [-0.2, 0) is 0 Å². The summed E-state index contributed by atoms with van der Waals surface area (Å²) in [6.07, 6.45) is 1.22. The summed E-state index contributed by atoms with van der Waals surface area (Å²) < 4.78 is 0. The molecule has 0 bridgehead atoms. The highest BCUT2D eigenvalue weighted by Crippen LogP contribution is 2.31. The lowest BCUT2D eigenvalue weighted by Gasteiger charge is -2.26. The second kappa shape index (κ2) is 3.50. The average molecular weight is 192 g/mol. The second-order valence-electron chi connectivity index (χ2n) is 4.84. The molecular weight excluding hydrogens is 172 g/mol. The van der Waals surface area contributed by atoms with Gasteiger partial charge in [0.25, 0.3) is 0 Å². The van der Waals surface area contributed by atoms with Crippen molar-refractivity contribution >= 4 is 5.71 Å². The molecule has 0 aliphatic carbocycles. The van der Waals surface area contributed by atoms with Crippen LogP contribution in [0.2, 0.25) is 0 Å². The van der Waals surface area contributed by atoms with Crippen LogP contribution in [0.1, 0.15) is 27.2 Å². The Kier molecular flexibility index (Phi) is 2.48. The van der Waals surface area contributed by atoms with Crippen LogP contribution in [0.3, 0.4) is 0 Å². The van der Waals surface area contributed by atoms with Crippen LogP contribution >= 0.6 is 0 Å². The van der Waals surface area contributed by atoms with Gasteiger partial charge in [-0.15, -0.1) is 0 Å². The quantitative estimate of drug-likeness (QED) is 0.621. The lowest BCUT2D eigenvalue weighted by atomic mass is 9.92. The van der Waals surface area contributed by atoms with E-state index in [9.17, 15) is 0 Å². The molecule has 0 amide bonds. The van der Waals surface area contributed by atoms with Crippen LogP contribution in [0.25, 0.3) is 0 Å². The Bertz CT molecular complexity index is 299. The Balaban J connectivity index is 2.30. The average Bonchev–Trinajstić information content (AvgIpc) is 2.43. The van der Waals surface area contributed by atoms with E-state index in [1.54, 1.807) is 11.1 Å². The predicted molar refractivity (Wildman–Crippen MR) is 60.9 cm³/mol. The molecule has 2 aliphatic rings. The SMILES string of the molecule is CC(C)C1=NC(C)C2=C1CN(C)CC2. The number of aliphatic imine (C=N–C) groups is 1. The van der Waals surface area contributed by atoms with Crippen LogP contribution in [0, 0.1) is 5.92 Å². The van der Waals surface area contributed by atoms with E-state index in [0.29, 0.717) is 12.0 Å². The number of likely N-dealkylation sites (N-methyl/N-ethyl adjacent to an activating group) is 1. The molecule has 0 saturated carbocycles. The zero-order chi connectivity index (χ0) is 10.3. The Morgan fingerprint density at radius 1 is 1.43 bits per heavy atom. The van der Waals surface area contributed by atoms with E-state index >= 15 is 0 Å². The highest BCUT2D eigenvalue weighted by Gasteiger charge is 2.29. The van der Waals surface area contributed by atoms with E-state index in [-0.39, 0.29) is 0 Å². The molecular formula is C12H20N2. The molecule has 0 fully saturated rings. The monoisotopic (exact) mass is 192 g/mol. The van der Waals surface area contributed by atoms with Crippen LogP contribution in [0.4, 0.5) is 0 Å². The Morgan fingerprint density at radius 3 is 2.79 bits per heavy atom. The summed E-state index contributed by atoms with van der Waals surface area (Å²) in [6, 6.07) is 0.455. The third kappa shape index (κ3) is 1.52. The van der Waals surface area contributed by atoms with Crippen LogP contribution in [0.5, 0.6) is 0 Å². The molecule has 2 aliphatic heterocycles. The Labute approximate surface area is 86.7 Å². The fraction of sp³-hybridized carbons (Fsp3) is 0.750. The van der Waals surface area contributed by atoms with Crippen LogP contribution in [-0.4, -0.2) is 36.8 Å². The van der Waals surface area contributed by atoms with E-state index in [1.165, 1.54) is 18.7 Å². The molecule has 0 spiro atoms. The molecule has 2 rings (SSSR count). The molecule has 0 aromatic carbocycles. The van der Waals surface area contributed by atoms with Gasteiger partial charge in [-0.25, -0.2) is 0 Å². The molecule has 2 nitrogen and oxygen atoms in total. The van der Waals surface area contributed by atoms with Crippen molar-refractivity contribution in [3.05, 3.63) is 11.1 Å². The first-order valence-electron chi connectivity index (χ1n) is 5.58. The van der Waals surface area contributed by atoms with Crippen LogP contribution in [0.15, 0.2) is 16.1 Å². The third-order valence-corrected chi connectivity index (χ3v) is 3.27. The molecule has 0 saturated heterocycles. The van der Waals surface area contributed by atoms with Crippen molar-refractivity contribution in [1.29, 1.82) is 0 Å². The van der Waals surface area contributed by atoms with E-state index in [0.717, 1.165) is 6.54 Å². The molecule has 0 aromatic rings. The first-order chi connectivity index (χ1) is 6.59. The van der Waals surface area contributed by atoms with Crippen molar-refractivity contribution in [2.24, 2.45) is 10.9 Å². The van der Waals surface area contributed by atoms with Crippen LogP contribution < -0.4 is 0 Å². The van der Waals surface area contributed by atoms with Gasteiger partial charge >= 0.3 is 0 Å². The molecule has 2 heteroatoms. The van der Waals surface area contributed by atoms with E-state index < -0.39 is 0 Å². The van der Waals surface area contributed by atoms with Gasteiger partial charge in [-0.1, -0.05) is 13.8 Å².